The van der Waals surface area contributed by atoms with Crippen molar-refractivity contribution in [3.63, 3.8) is 0 Å². The van der Waals surface area contributed by atoms with E-state index in [0.29, 0.717) is 23.4 Å². The molecule has 0 saturated carbocycles. The van der Waals surface area contributed by atoms with E-state index >= 15 is 0 Å². The van der Waals surface area contributed by atoms with Gasteiger partial charge in [-0.1, -0.05) is 37.0 Å². The predicted octanol–water partition coefficient (Wildman–Crippen LogP) is 4.83. The Labute approximate surface area is 214 Å². The number of nitrogens with zero attached hydrogens (tertiary/aromatic N) is 2. The molecule has 0 saturated heterocycles. The molecule has 3 amide bonds. The van der Waals surface area contributed by atoms with E-state index in [1.165, 1.54) is 17.0 Å². The van der Waals surface area contributed by atoms with Gasteiger partial charge in [0.05, 0.1) is 35.1 Å². The van der Waals surface area contributed by atoms with E-state index in [-0.39, 0.29) is 18.1 Å². The summed E-state index contributed by atoms with van der Waals surface area (Å²) in [5, 5.41) is 5.93. The number of hydrogen-bond donors (Lipinski definition) is 2. The zero-order chi connectivity index (χ0) is 26.6. The van der Waals surface area contributed by atoms with Crippen LogP contribution in [-0.2, 0) is 11.0 Å². The van der Waals surface area contributed by atoms with Crippen LogP contribution >= 0.6 is 0 Å². The molecule has 2 aliphatic rings. The maximum Gasteiger partial charge on any atom is 0.416 e. The molecule has 194 valence electrons. The molecule has 0 bridgehead atoms. The Bertz CT molecular complexity index is 1260. The lowest BCUT2D eigenvalue weighted by Crippen LogP contribution is -2.47. The van der Waals surface area contributed by atoms with E-state index in [1.54, 1.807) is 4.90 Å². The molecule has 37 heavy (non-hydrogen) atoms. The van der Waals surface area contributed by atoms with Crippen molar-refractivity contribution in [1.29, 1.82) is 0 Å². The highest BCUT2D eigenvalue weighted by Crippen LogP contribution is 2.40. The maximum absolute atomic E-state index is 13.6. The second-order valence-corrected chi connectivity index (χ2v) is 8.94. The zero-order valence-corrected chi connectivity index (χ0v) is 20.8. The first kappa shape index (κ1) is 26.3. The summed E-state index contributed by atoms with van der Waals surface area (Å²) >= 11 is 0. The van der Waals surface area contributed by atoms with Crippen LogP contribution in [0.25, 0.3) is 0 Å². The van der Waals surface area contributed by atoms with E-state index in [4.69, 9.17) is 0 Å². The third kappa shape index (κ3) is 5.65. The lowest BCUT2D eigenvalue weighted by atomic mass is 9.94. The zero-order valence-electron chi connectivity index (χ0n) is 20.8. The molecule has 0 aliphatic carbocycles. The van der Waals surface area contributed by atoms with Crippen molar-refractivity contribution < 1.29 is 22.8 Å². The van der Waals surface area contributed by atoms with Gasteiger partial charge in [-0.05, 0) is 62.3 Å². The molecular formula is C28H29F3N4O2. The van der Waals surface area contributed by atoms with Gasteiger partial charge in [-0.15, -0.1) is 0 Å². The van der Waals surface area contributed by atoms with Crippen LogP contribution in [0, 0.1) is 11.8 Å². The maximum atomic E-state index is 13.6. The third-order valence-corrected chi connectivity index (χ3v) is 6.39. The Morgan fingerprint density at radius 1 is 1.11 bits per heavy atom. The summed E-state index contributed by atoms with van der Waals surface area (Å²) in [5.41, 5.74) is 1.50. The highest BCUT2D eigenvalue weighted by Gasteiger charge is 2.44. The topological polar surface area (TPSA) is 64.7 Å². The van der Waals surface area contributed by atoms with Crippen molar-refractivity contribution in [3.8, 4) is 11.8 Å². The summed E-state index contributed by atoms with van der Waals surface area (Å²) in [5.74, 6) is 5.83. The molecule has 2 aromatic carbocycles. The van der Waals surface area contributed by atoms with Gasteiger partial charge in [-0.2, -0.15) is 13.2 Å². The molecule has 0 unspecified atom stereocenters. The highest BCUT2D eigenvalue weighted by atomic mass is 19.4. The summed E-state index contributed by atoms with van der Waals surface area (Å²) in [6, 6.07) is 10.6. The van der Waals surface area contributed by atoms with Crippen LogP contribution in [0.3, 0.4) is 0 Å². The number of urea groups is 1. The molecule has 4 rings (SSSR count). The van der Waals surface area contributed by atoms with Crippen LogP contribution in [0.1, 0.15) is 48.9 Å². The van der Waals surface area contributed by atoms with E-state index < -0.39 is 23.8 Å². The second kappa shape index (κ2) is 11.1. The fraction of sp³-hybridized carbons (Fsp3) is 0.357. The molecule has 0 spiro atoms. The normalized spacial score (nSPS) is 17.5. The number of nitrogens with one attached hydrogen (secondary N) is 2. The predicted molar refractivity (Wildman–Crippen MR) is 136 cm³/mol. The van der Waals surface area contributed by atoms with Crippen LogP contribution in [-0.4, -0.2) is 43.5 Å². The van der Waals surface area contributed by atoms with E-state index in [0.717, 1.165) is 43.5 Å². The molecule has 2 heterocycles. The van der Waals surface area contributed by atoms with Crippen molar-refractivity contribution in [2.24, 2.45) is 0 Å². The second-order valence-electron chi connectivity index (χ2n) is 8.94. The summed E-state index contributed by atoms with van der Waals surface area (Å²) in [4.78, 5) is 29.8. The number of benzene rings is 2. The van der Waals surface area contributed by atoms with Crippen molar-refractivity contribution in [2.75, 3.05) is 31.6 Å². The van der Waals surface area contributed by atoms with E-state index in [1.807, 2.05) is 38.2 Å². The molecule has 9 heteroatoms. The van der Waals surface area contributed by atoms with Crippen molar-refractivity contribution in [1.82, 2.24) is 15.5 Å². The van der Waals surface area contributed by atoms with E-state index in [9.17, 15) is 22.8 Å². The lowest BCUT2D eigenvalue weighted by Gasteiger charge is -2.34. The number of hydrogen-bond acceptors (Lipinski definition) is 3. The standard InChI is InChI=1S/C28H29F3N4O2/c1-3-4-8-19-11-13-20(14-12-19)25-24-23(18-34(26(24)36)16-6-5-15-32-2)35(27(37)33-25)22-10-7-9-21(17-22)28(29,30)31/h7,9-14,17,25,32H,3,5-6,15-16,18H2,1-2H3,(H,33,37)/t25-/m1/s1. The van der Waals surface area contributed by atoms with Gasteiger partial charge in [0, 0.05) is 18.5 Å². The summed E-state index contributed by atoms with van der Waals surface area (Å²) in [6.45, 7) is 3.39. The van der Waals surface area contributed by atoms with Crippen LogP contribution < -0.4 is 15.5 Å². The minimum absolute atomic E-state index is 0.0632. The lowest BCUT2D eigenvalue weighted by molar-refractivity contribution is -0.137. The quantitative estimate of drug-likeness (QED) is 0.414. The molecule has 6 nitrogen and oxygen atoms in total. The Balaban J connectivity index is 1.73. The third-order valence-electron chi connectivity index (χ3n) is 6.39. The fourth-order valence-electron chi connectivity index (χ4n) is 4.57. The first-order chi connectivity index (χ1) is 17.7. The Kier molecular flexibility index (Phi) is 7.89. The number of rotatable bonds is 7. The van der Waals surface area contributed by atoms with Crippen LogP contribution in [0.5, 0.6) is 0 Å². The Hall–Kier alpha value is -3.77. The molecule has 1 atom stereocenters. The van der Waals surface area contributed by atoms with Crippen molar-refractivity contribution in [2.45, 2.75) is 38.4 Å². The minimum Gasteiger partial charge on any atom is -0.333 e. The van der Waals surface area contributed by atoms with Crippen molar-refractivity contribution >= 4 is 17.6 Å². The van der Waals surface area contributed by atoms with E-state index in [2.05, 4.69) is 22.5 Å². The number of unbranched alkanes of at least 4 members (excludes halogenated alkanes) is 1. The highest BCUT2D eigenvalue weighted by molar-refractivity contribution is 6.07. The number of amides is 3. The van der Waals surface area contributed by atoms with Gasteiger partial charge in [0.25, 0.3) is 5.91 Å². The van der Waals surface area contributed by atoms with Gasteiger partial charge in [0.2, 0.25) is 0 Å². The summed E-state index contributed by atoms with van der Waals surface area (Å²) < 4.78 is 40.2. The van der Waals surface area contributed by atoms with Crippen molar-refractivity contribution in [3.05, 3.63) is 76.5 Å². The minimum atomic E-state index is -4.56. The average molecular weight is 511 g/mol. The molecule has 0 aromatic heterocycles. The van der Waals surface area contributed by atoms with Gasteiger partial charge in [-0.25, -0.2) is 4.79 Å². The first-order valence-corrected chi connectivity index (χ1v) is 12.3. The fourth-order valence-corrected chi connectivity index (χ4v) is 4.57. The molecule has 2 N–H and O–H groups in total. The van der Waals surface area contributed by atoms with Gasteiger partial charge in [0.1, 0.15) is 0 Å². The molecular weight excluding hydrogens is 481 g/mol. The van der Waals surface area contributed by atoms with Gasteiger partial charge in [0.15, 0.2) is 0 Å². The summed E-state index contributed by atoms with van der Waals surface area (Å²) in [7, 11) is 1.86. The average Bonchev–Trinajstić information content (AvgIpc) is 3.20. The Morgan fingerprint density at radius 2 is 1.86 bits per heavy atom. The number of alkyl halides is 3. The molecule has 2 aromatic rings. The number of halogens is 3. The SMILES string of the molecule is CCC#Cc1ccc([C@H]2NC(=O)N(c3cccc(C(F)(F)F)c3)C3=C2C(=O)N(CCCCNC)C3)cc1. The first-order valence-electron chi connectivity index (χ1n) is 12.3. The van der Waals surface area contributed by atoms with Gasteiger partial charge < -0.3 is 15.5 Å². The number of anilines is 1. The smallest absolute Gasteiger partial charge is 0.333 e. The molecule has 0 fully saturated rings. The van der Waals surface area contributed by atoms with Gasteiger partial charge >= 0.3 is 12.2 Å². The van der Waals surface area contributed by atoms with Crippen LogP contribution in [0.15, 0.2) is 59.8 Å². The van der Waals surface area contributed by atoms with Gasteiger partial charge in [-0.3, -0.25) is 9.69 Å². The molecule has 2 aliphatic heterocycles. The van der Waals surface area contributed by atoms with Crippen LogP contribution in [0.4, 0.5) is 23.7 Å². The largest absolute Gasteiger partial charge is 0.416 e. The monoisotopic (exact) mass is 510 g/mol. The molecule has 0 radical (unpaired) electrons. The number of carbonyl (C=O) groups excluding carboxylic acids is 2. The van der Waals surface area contributed by atoms with Crippen LogP contribution in [0.2, 0.25) is 0 Å². The number of carbonyl (C=O) groups is 2. The summed E-state index contributed by atoms with van der Waals surface area (Å²) in [6.07, 6.45) is -2.22. The Morgan fingerprint density at radius 3 is 2.54 bits per heavy atom.